The maximum Gasteiger partial charge on any atom is 0.260 e. The number of rotatable bonds is 12. The van der Waals surface area contributed by atoms with Crippen LogP contribution in [-0.2, 0) is 14.8 Å². The molecule has 180 valence electrons. The molecule has 0 heterocycles. The van der Waals surface area contributed by atoms with Gasteiger partial charge in [-0.15, -0.1) is 0 Å². The standard InChI is InChI=1S/C23H31N3O6S/c1-6-12-32-21-11-9-18(14-22(21)31-7-2)15-24-25-23(27)16-26(33(5,28)29)19-13-17(3)8-10-20(19)30-4/h8-11,13-15H,6-7,12,16H2,1-5H3,(H,25,27)/b24-15-. The van der Waals surface area contributed by atoms with E-state index in [4.69, 9.17) is 14.2 Å². The van der Waals surface area contributed by atoms with Gasteiger partial charge in [-0.3, -0.25) is 9.10 Å². The highest BCUT2D eigenvalue weighted by molar-refractivity contribution is 7.92. The molecule has 0 saturated carbocycles. The molecular formula is C23H31N3O6S. The van der Waals surface area contributed by atoms with Crippen LogP contribution in [0.4, 0.5) is 5.69 Å². The molecule has 9 nitrogen and oxygen atoms in total. The summed E-state index contributed by atoms with van der Waals surface area (Å²) in [6.45, 7) is 6.31. The lowest BCUT2D eigenvalue weighted by molar-refractivity contribution is -0.119. The molecule has 2 aromatic rings. The first kappa shape index (κ1) is 26.0. The molecule has 1 amide bonds. The molecule has 10 heteroatoms. The van der Waals surface area contributed by atoms with Gasteiger partial charge in [-0.2, -0.15) is 5.10 Å². The molecule has 0 bridgehead atoms. The lowest BCUT2D eigenvalue weighted by atomic mass is 10.2. The first-order chi connectivity index (χ1) is 15.7. The number of anilines is 1. The Morgan fingerprint density at radius 2 is 1.82 bits per heavy atom. The van der Waals surface area contributed by atoms with Crippen LogP contribution in [0.1, 0.15) is 31.4 Å². The van der Waals surface area contributed by atoms with Crippen molar-refractivity contribution in [1.82, 2.24) is 5.43 Å². The van der Waals surface area contributed by atoms with E-state index in [0.29, 0.717) is 36.0 Å². The Hall–Kier alpha value is -3.27. The lowest BCUT2D eigenvalue weighted by Gasteiger charge is -2.23. The van der Waals surface area contributed by atoms with Gasteiger partial charge >= 0.3 is 0 Å². The molecule has 0 spiro atoms. The first-order valence-electron chi connectivity index (χ1n) is 10.5. The molecule has 0 radical (unpaired) electrons. The van der Waals surface area contributed by atoms with E-state index < -0.39 is 22.5 Å². The van der Waals surface area contributed by atoms with Crippen LogP contribution in [0.15, 0.2) is 41.5 Å². The molecule has 0 fully saturated rings. The van der Waals surface area contributed by atoms with E-state index in [2.05, 4.69) is 10.5 Å². The monoisotopic (exact) mass is 477 g/mol. The van der Waals surface area contributed by atoms with Gasteiger partial charge in [0.25, 0.3) is 5.91 Å². The van der Waals surface area contributed by atoms with E-state index in [-0.39, 0.29) is 5.69 Å². The predicted molar refractivity (Wildman–Crippen MR) is 129 cm³/mol. The zero-order valence-corrected chi connectivity index (χ0v) is 20.4. The summed E-state index contributed by atoms with van der Waals surface area (Å²) in [5.74, 6) is 0.955. The summed E-state index contributed by atoms with van der Waals surface area (Å²) < 4.78 is 42.3. The van der Waals surface area contributed by atoms with Crippen LogP contribution >= 0.6 is 0 Å². The van der Waals surface area contributed by atoms with E-state index in [1.807, 2.05) is 20.8 Å². The van der Waals surface area contributed by atoms with Gasteiger partial charge in [0.05, 0.1) is 38.5 Å². The SMILES string of the molecule is CCCOc1ccc(/C=N\NC(=O)CN(c2cc(C)ccc2OC)S(C)(=O)=O)cc1OCC. The molecule has 0 atom stereocenters. The van der Waals surface area contributed by atoms with Crippen molar-refractivity contribution in [2.24, 2.45) is 5.10 Å². The van der Waals surface area contributed by atoms with Crippen molar-refractivity contribution in [2.45, 2.75) is 27.2 Å². The fraction of sp³-hybridized carbons (Fsp3) is 0.391. The minimum absolute atomic E-state index is 0.281. The molecule has 0 saturated heterocycles. The number of hydrazone groups is 1. The Bertz CT molecular complexity index is 1090. The minimum atomic E-state index is -3.75. The first-order valence-corrected chi connectivity index (χ1v) is 12.4. The van der Waals surface area contributed by atoms with E-state index in [9.17, 15) is 13.2 Å². The molecule has 0 aliphatic heterocycles. The molecule has 0 aromatic heterocycles. The van der Waals surface area contributed by atoms with Gasteiger partial charge in [0, 0.05) is 0 Å². The smallest absolute Gasteiger partial charge is 0.260 e. The van der Waals surface area contributed by atoms with E-state index in [1.165, 1.54) is 13.3 Å². The van der Waals surface area contributed by atoms with Gasteiger partial charge in [-0.05, 0) is 61.7 Å². The van der Waals surface area contributed by atoms with Crippen LogP contribution in [0.5, 0.6) is 17.2 Å². The molecule has 1 N–H and O–H groups in total. The van der Waals surface area contributed by atoms with Crippen LogP contribution in [0.25, 0.3) is 0 Å². The Labute approximate surface area is 195 Å². The predicted octanol–water partition coefficient (Wildman–Crippen LogP) is 3.11. The third kappa shape index (κ3) is 7.67. The number of aryl methyl sites for hydroxylation is 1. The lowest BCUT2D eigenvalue weighted by Crippen LogP contribution is -2.39. The number of nitrogens with zero attached hydrogens (tertiary/aromatic N) is 2. The second kappa shape index (κ2) is 12.1. The summed E-state index contributed by atoms with van der Waals surface area (Å²) in [4.78, 5) is 12.5. The van der Waals surface area contributed by atoms with Gasteiger partial charge in [0.2, 0.25) is 10.0 Å². The van der Waals surface area contributed by atoms with Gasteiger partial charge in [-0.25, -0.2) is 13.8 Å². The van der Waals surface area contributed by atoms with Crippen molar-refractivity contribution >= 4 is 27.8 Å². The number of hydrogen-bond donors (Lipinski definition) is 1. The Kier molecular flexibility index (Phi) is 9.53. The molecule has 2 aromatic carbocycles. The number of methoxy groups -OCH3 is 1. The quantitative estimate of drug-likeness (QED) is 0.372. The van der Waals surface area contributed by atoms with Crippen LogP contribution in [0.2, 0.25) is 0 Å². The second-order valence-electron chi connectivity index (χ2n) is 7.23. The molecular weight excluding hydrogens is 446 g/mol. The number of carbonyl (C=O) groups excluding carboxylic acids is 1. The summed E-state index contributed by atoms with van der Waals surface area (Å²) in [6, 6.07) is 10.4. The zero-order chi connectivity index (χ0) is 24.4. The number of ether oxygens (including phenoxy) is 3. The fourth-order valence-electron chi connectivity index (χ4n) is 2.93. The number of amides is 1. The van der Waals surface area contributed by atoms with Crippen molar-refractivity contribution in [2.75, 3.05) is 37.4 Å². The molecule has 2 rings (SSSR count). The Morgan fingerprint density at radius 3 is 2.45 bits per heavy atom. The summed E-state index contributed by atoms with van der Waals surface area (Å²) in [5.41, 5.74) is 4.16. The van der Waals surface area contributed by atoms with Crippen molar-refractivity contribution in [3.05, 3.63) is 47.5 Å². The largest absolute Gasteiger partial charge is 0.495 e. The van der Waals surface area contributed by atoms with Crippen molar-refractivity contribution in [3.8, 4) is 17.2 Å². The fourth-order valence-corrected chi connectivity index (χ4v) is 3.78. The summed E-state index contributed by atoms with van der Waals surface area (Å²) >= 11 is 0. The van der Waals surface area contributed by atoms with E-state index in [1.54, 1.807) is 36.4 Å². The molecule has 33 heavy (non-hydrogen) atoms. The maximum absolute atomic E-state index is 12.5. The summed E-state index contributed by atoms with van der Waals surface area (Å²) in [6.07, 6.45) is 3.35. The highest BCUT2D eigenvalue weighted by Gasteiger charge is 2.24. The van der Waals surface area contributed by atoms with Crippen molar-refractivity contribution in [3.63, 3.8) is 0 Å². The third-order valence-electron chi connectivity index (χ3n) is 4.42. The highest BCUT2D eigenvalue weighted by atomic mass is 32.2. The average molecular weight is 478 g/mol. The van der Waals surface area contributed by atoms with E-state index >= 15 is 0 Å². The average Bonchev–Trinajstić information content (AvgIpc) is 2.76. The Morgan fingerprint density at radius 1 is 1.09 bits per heavy atom. The number of carbonyl (C=O) groups is 1. The van der Waals surface area contributed by atoms with Crippen LogP contribution in [-0.4, -0.2) is 53.7 Å². The molecule has 0 unspecified atom stereocenters. The van der Waals surface area contributed by atoms with E-state index in [0.717, 1.165) is 22.5 Å². The second-order valence-corrected chi connectivity index (χ2v) is 9.13. The van der Waals surface area contributed by atoms with Gasteiger partial charge in [0.1, 0.15) is 12.3 Å². The Balaban J connectivity index is 2.14. The highest BCUT2D eigenvalue weighted by Crippen LogP contribution is 2.31. The molecule has 0 aliphatic carbocycles. The van der Waals surface area contributed by atoms with Crippen LogP contribution < -0.4 is 23.9 Å². The molecule has 0 aliphatic rings. The summed E-state index contributed by atoms with van der Waals surface area (Å²) in [7, 11) is -2.32. The zero-order valence-electron chi connectivity index (χ0n) is 19.6. The number of benzene rings is 2. The number of sulfonamides is 1. The number of hydrogen-bond acceptors (Lipinski definition) is 7. The van der Waals surface area contributed by atoms with Crippen molar-refractivity contribution in [1.29, 1.82) is 0 Å². The van der Waals surface area contributed by atoms with Gasteiger partial charge in [0.15, 0.2) is 11.5 Å². The van der Waals surface area contributed by atoms with Crippen LogP contribution in [0.3, 0.4) is 0 Å². The van der Waals surface area contributed by atoms with Gasteiger partial charge in [-0.1, -0.05) is 13.0 Å². The summed E-state index contributed by atoms with van der Waals surface area (Å²) in [5, 5.41) is 3.95. The normalized spacial score (nSPS) is 11.3. The van der Waals surface area contributed by atoms with Crippen LogP contribution in [0, 0.1) is 6.92 Å². The number of nitrogens with one attached hydrogen (secondary N) is 1. The van der Waals surface area contributed by atoms with Crippen molar-refractivity contribution < 1.29 is 27.4 Å². The minimum Gasteiger partial charge on any atom is -0.495 e. The van der Waals surface area contributed by atoms with Gasteiger partial charge < -0.3 is 14.2 Å². The topological polar surface area (TPSA) is 107 Å². The third-order valence-corrected chi connectivity index (χ3v) is 5.55. The maximum atomic E-state index is 12.5.